The van der Waals surface area contributed by atoms with Crippen LogP contribution in [0.1, 0.15) is 92.1 Å². The van der Waals surface area contributed by atoms with Gasteiger partial charge in [0.15, 0.2) is 40.8 Å². The highest BCUT2D eigenvalue weighted by molar-refractivity contribution is 6.00. The summed E-state index contributed by atoms with van der Waals surface area (Å²) in [6, 6.07) is 46.0. The molecule has 0 saturated carbocycles. The molecule has 0 aliphatic rings. The predicted octanol–water partition coefficient (Wildman–Crippen LogP) is 19.1. The van der Waals surface area contributed by atoms with Crippen molar-refractivity contribution in [3.63, 3.8) is 0 Å². The number of hydrogen-bond donors (Lipinski definition) is 12. The van der Waals surface area contributed by atoms with Gasteiger partial charge in [0.2, 0.25) is 5.90 Å². The molecule has 0 bridgehead atoms. The fourth-order valence-electron chi connectivity index (χ4n) is 13.3. The lowest BCUT2D eigenvalue weighted by Crippen LogP contribution is -2.11. The first-order chi connectivity index (χ1) is 62.9. The lowest BCUT2D eigenvalue weighted by Gasteiger charge is -2.06. The monoisotopic (exact) mass is 1760 g/mol. The fraction of sp³-hybridized carbons (Fsp3) is 0.0968. The number of fused-ring (bicyclic) bond motifs is 5. The second-order valence-corrected chi connectivity index (χ2v) is 29.1. The number of ether oxygens (including phenoxy) is 1. The van der Waals surface area contributed by atoms with E-state index in [9.17, 15) is 43.9 Å². The first-order valence-electron chi connectivity index (χ1n) is 39.8. The van der Waals surface area contributed by atoms with Gasteiger partial charge in [-0.3, -0.25) is 51.3 Å². The van der Waals surface area contributed by atoms with Crippen LogP contribution in [0.25, 0.3) is 161 Å². The maximum absolute atomic E-state index is 14.5. The summed E-state index contributed by atoms with van der Waals surface area (Å²) < 4.78 is 143. The van der Waals surface area contributed by atoms with Gasteiger partial charge in [0.25, 0.3) is 0 Å². The maximum atomic E-state index is 14.5. The minimum atomic E-state index is -0.551. The third kappa shape index (κ3) is 21.5. The number of H-pyrrole nitrogens is 9. The smallest absolute Gasteiger partial charge is 0.216 e. The van der Waals surface area contributed by atoms with Gasteiger partial charge in [-0.2, -0.15) is 45.9 Å². The van der Waals surface area contributed by atoms with Crippen molar-refractivity contribution >= 4 is 121 Å². The molecule has 0 saturated heterocycles. The quantitative estimate of drug-likeness (QED) is 0.0181. The van der Waals surface area contributed by atoms with Gasteiger partial charge in [0, 0.05) is 56.3 Å². The van der Waals surface area contributed by atoms with E-state index in [1.165, 1.54) is 97.1 Å². The van der Waals surface area contributed by atoms with Gasteiger partial charge < -0.3 is 20.1 Å². The third-order valence-corrected chi connectivity index (χ3v) is 19.4. The Hall–Kier alpha value is -16.5. The fourth-order valence-corrected chi connectivity index (χ4v) is 13.3. The van der Waals surface area contributed by atoms with Crippen LogP contribution < -0.4 is 5.32 Å². The van der Waals surface area contributed by atoms with E-state index in [2.05, 4.69) is 117 Å². The van der Waals surface area contributed by atoms with Crippen LogP contribution in [0.2, 0.25) is 0 Å². The first-order valence-corrected chi connectivity index (χ1v) is 39.8. The summed E-state index contributed by atoms with van der Waals surface area (Å²) in [6.45, 7) is 4.59. The summed E-state index contributed by atoms with van der Waals surface area (Å²) in [6.07, 6.45) is 17.3. The van der Waals surface area contributed by atoms with Crippen molar-refractivity contribution in [2.24, 2.45) is 0 Å². The van der Waals surface area contributed by atoms with Crippen molar-refractivity contribution < 1.29 is 53.7 Å². The number of nitrogens with one attached hydrogen (secondary N) is 11. The number of rotatable bonds is 21. The summed E-state index contributed by atoms with van der Waals surface area (Å²) in [7, 11) is 5.66. The van der Waals surface area contributed by atoms with Crippen molar-refractivity contribution in [1.29, 1.82) is 5.41 Å². The molecule has 0 amide bonds. The van der Waals surface area contributed by atoms with Gasteiger partial charge in [-0.25, -0.2) is 63.8 Å². The highest BCUT2D eigenvalue weighted by Crippen LogP contribution is 2.34. The van der Waals surface area contributed by atoms with E-state index in [1.54, 1.807) is 167 Å². The normalized spacial score (nSPS) is 11.6. The highest BCUT2D eigenvalue weighted by atomic mass is 19.2. The predicted molar refractivity (Wildman–Crippen MR) is 478 cm³/mol. The zero-order valence-electron chi connectivity index (χ0n) is 69.3. The highest BCUT2D eigenvalue weighted by Gasteiger charge is 2.21. The molecule has 19 rings (SSSR count). The minimum Gasteiger partial charge on any atom is -0.478 e. The summed E-state index contributed by atoms with van der Waals surface area (Å²) in [5.41, 5.74) is 10.2. The van der Waals surface area contributed by atoms with Crippen LogP contribution in [0.4, 0.5) is 43.9 Å². The van der Waals surface area contributed by atoms with Crippen molar-refractivity contribution in [3.05, 3.63) is 325 Å². The Kier molecular flexibility index (Phi) is 27.3. The Morgan fingerprint density at radius 3 is 1.15 bits per heavy atom. The molecule has 0 aliphatic carbocycles. The molecule has 0 fully saturated rings. The van der Waals surface area contributed by atoms with Gasteiger partial charge in [-0.15, -0.1) is 0 Å². The van der Waals surface area contributed by atoms with Crippen LogP contribution in [0.3, 0.4) is 0 Å². The molecule has 9 heterocycles. The molecule has 654 valence electrons. The molecule has 0 atom stereocenters. The zero-order chi connectivity index (χ0) is 91.1. The topological polar surface area (TPSA) is 378 Å². The van der Waals surface area contributed by atoms with E-state index in [0.717, 1.165) is 5.39 Å². The summed E-state index contributed by atoms with van der Waals surface area (Å²) >= 11 is 0. The zero-order valence-corrected chi connectivity index (χ0v) is 69.3. The number of aryl methyl sites for hydroxylation is 1. The van der Waals surface area contributed by atoms with Gasteiger partial charge >= 0.3 is 0 Å². The number of aliphatic hydroxyl groups excluding tert-OH is 1. The number of aromatic amines is 9. The number of nitrogens with zero attached hydrogens (tertiary/aromatic N) is 14. The molecule has 37 heteroatoms. The van der Waals surface area contributed by atoms with Crippen molar-refractivity contribution in [2.45, 2.75) is 33.5 Å². The molecule has 27 nitrogen and oxygen atoms in total. The van der Waals surface area contributed by atoms with Crippen molar-refractivity contribution in [2.75, 3.05) is 27.7 Å². The van der Waals surface area contributed by atoms with E-state index in [1.807, 2.05) is 19.0 Å². The Morgan fingerprint density at radius 1 is 0.385 bits per heavy atom. The Labute approximate surface area is 730 Å². The summed E-state index contributed by atoms with van der Waals surface area (Å²) in [5, 5.41) is 84.8. The van der Waals surface area contributed by atoms with Crippen LogP contribution >= 0.6 is 0 Å². The Bertz CT molecular complexity index is 7450. The molecule has 0 aliphatic heterocycles. The van der Waals surface area contributed by atoms with E-state index in [4.69, 9.17) is 15.3 Å². The summed E-state index contributed by atoms with van der Waals surface area (Å²) in [4.78, 5) is 18.9. The third-order valence-electron chi connectivity index (χ3n) is 19.4. The molecule has 0 unspecified atom stereocenters. The largest absolute Gasteiger partial charge is 0.478 e. The number of benzene rings is 10. The standard InChI is InChI=1S/C20H18F2N6.C19H16F2N6.C18H13F2N5O.C18H13F2N5.C18H15F2N3O/c1-28(2)11-18-23-20(27-25-18)13-9-15-17(24-26-19(15)16(22)10-13)7-6-12-4-3-5-14(21)8-12;1-22-10-17-23-19(27-25-17)12-8-14-16(24-26-18(14)15(21)9-12)6-5-11-3-2-4-13(20)7-11;19-11-3-1-2-10(6-11)4-5-15-13-7-12(14(20)8-16(13)23-22-15)18-21-17(9-26)24-25-18;1-10-21-18(25-22-10)13-8-14-16(23-24-17(14)9-15(13)20)6-5-11-3-2-4-12(19)7-11;1-2-24-18(21)13-9-14-16(22-23-17(14)10-15(13)20)7-6-11-4-3-5-12(19)8-11/h3-10H,11H2,1-2H3,(H,24,26)(H,23,25,27);2-9,22H,10H2,1H3,(H,24,26)(H,23,25,27);1-8,26H,9H2,(H,22,23)(H,21,24,25);2-9H,1H3,(H,23,24)(H,21,22,25);3-10,21H,2H2,1H3,(H,22,23)/b7-6+;6-5+;5-4+;6-5+;7-6+,21-18?. The SMILES string of the molecule is CCOC(=N)c1cc2c(/C=C/c3cccc(F)c3)n[nH]c2cc1F.CN(C)Cc1nc(-c2cc(F)c3n[nH]c(/C=C/c4cccc(F)c4)c3c2)n[nH]1.CNCc1nc(-c2cc(F)c3n[nH]c(/C=C/c4cccc(F)c4)c3c2)n[nH]1.Cc1nc(-c2cc3c(/C=C/c4cccc(F)c4)n[nH]c3cc2F)n[nH]1.OCc1nc(-c2cc3c(/C=C/c4cccc(F)c4)n[nH]c3cc2F)n[nH]1. The number of aromatic nitrogens is 22. The molecule has 0 radical (unpaired) electrons. The van der Waals surface area contributed by atoms with Gasteiger partial charge in [0.1, 0.15) is 81.7 Å². The molecule has 12 N–H and O–H groups in total. The van der Waals surface area contributed by atoms with Gasteiger partial charge in [-0.1, -0.05) is 91.0 Å². The Balaban J connectivity index is 0.000000125. The van der Waals surface area contributed by atoms with E-state index in [-0.39, 0.29) is 87.8 Å². The van der Waals surface area contributed by atoms with Crippen LogP contribution in [0, 0.1) is 70.5 Å². The molecule has 130 heavy (non-hydrogen) atoms. The van der Waals surface area contributed by atoms with E-state index in [0.29, 0.717) is 153 Å². The number of halogens is 10. The maximum Gasteiger partial charge on any atom is 0.216 e. The molecule has 10 aromatic carbocycles. The lowest BCUT2D eigenvalue weighted by molar-refractivity contribution is 0.272. The van der Waals surface area contributed by atoms with Crippen molar-refractivity contribution in [3.8, 4) is 45.6 Å². The van der Waals surface area contributed by atoms with Crippen LogP contribution in [0.15, 0.2) is 182 Å². The van der Waals surface area contributed by atoms with Crippen LogP contribution in [0.5, 0.6) is 0 Å². The minimum absolute atomic E-state index is 0.0751. The average Bonchev–Trinajstić information content (AvgIpc) is 1.66. The molecular formula is C93H75F10N25O2. The Morgan fingerprint density at radius 2 is 0.762 bits per heavy atom. The second-order valence-electron chi connectivity index (χ2n) is 29.1. The molecule has 0 spiro atoms. The van der Waals surface area contributed by atoms with Crippen LogP contribution in [-0.4, -0.2) is 155 Å². The van der Waals surface area contributed by atoms with Crippen LogP contribution in [-0.2, 0) is 24.4 Å². The molecular weight excluding hydrogens is 1690 g/mol. The lowest BCUT2D eigenvalue weighted by atomic mass is 10.1. The summed E-state index contributed by atoms with van der Waals surface area (Å²) in [5.74, 6) is -0.776. The van der Waals surface area contributed by atoms with E-state index < -0.39 is 29.1 Å². The number of aliphatic hydroxyl groups is 1. The van der Waals surface area contributed by atoms with E-state index >= 15 is 0 Å². The van der Waals surface area contributed by atoms with Gasteiger partial charge in [-0.05, 0) is 196 Å². The second kappa shape index (κ2) is 40.2. The molecule has 19 aromatic rings. The average molecular weight is 1760 g/mol. The van der Waals surface area contributed by atoms with Crippen molar-refractivity contribution in [1.82, 2.24) is 122 Å². The first kappa shape index (κ1) is 88.3. The molecule has 9 aromatic heterocycles. The number of hydrogen-bond acceptors (Lipinski definition) is 18. The van der Waals surface area contributed by atoms with Gasteiger partial charge in [0.05, 0.1) is 81.4 Å².